The van der Waals surface area contributed by atoms with Gasteiger partial charge in [-0.2, -0.15) is 0 Å². The monoisotopic (exact) mass is 313 g/mol. The maximum atomic E-state index is 12.1. The molecule has 1 fully saturated rings. The van der Waals surface area contributed by atoms with Gasteiger partial charge < -0.3 is 10.6 Å². The van der Waals surface area contributed by atoms with Gasteiger partial charge in [-0.1, -0.05) is 0 Å². The number of hydrogen-bond acceptors (Lipinski definition) is 3. The molecule has 0 aromatic rings. The van der Waals surface area contributed by atoms with Crippen LogP contribution in [0.15, 0.2) is 0 Å². The highest BCUT2D eigenvalue weighted by Crippen LogP contribution is 2.18. The molecule has 1 aliphatic heterocycles. The van der Waals surface area contributed by atoms with Crippen LogP contribution in [0.1, 0.15) is 33.6 Å². The van der Waals surface area contributed by atoms with Crippen LogP contribution in [0.5, 0.6) is 0 Å². The van der Waals surface area contributed by atoms with E-state index in [4.69, 9.17) is 5.73 Å². The average molecular weight is 314 g/mol. The van der Waals surface area contributed by atoms with Crippen LogP contribution in [0, 0.1) is 5.92 Å². The minimum absolute atomic E-state index is 0. The minimum Gasteiger partial charge on any atom is -0.341 e. The van der Waals surface area contributed by atoms with Crippen molar-refractivity contribution in [3.63, 3.8) is 0 Å². The summed E-state index contributed by atoms with van der Waals surface area (Å²) < 4.78 is 0. The molecule has 0 saturated carbocycles. The van der Waals surface area contributed by atoms with Crippen molar-refractivity contribution in [2.45, 2.75) is 45.7 Å². The summed E-state index contributed by atoms with van der Waals surface area (Å²) in [7, 11) is 2.00. The fourth-order valence-electron chi connectivity index (χ4n) is 2.16. The Morgan fingerprint density at radius 2 is 1.95 bits per heavy atom. The molecule has 0 spiro atoms. The summed E-state index contributed by atoms with van der Waals surface area (Å²) in [6.07, 6.45) is 2.24. The molecule has 1 rings (SSSR count). The second-order valence-electron chi connectivity index (χ2n) is 5.61. The molecule has 1 saturated heterocycles. The van der Waals surface area contributed by atoms with E-state index in [0.717, 1.165) is 25.9 Å². The van der Waals surface area contributed by atoms with Crippen LogP contribution in [0.3, 0.4) is 0 Å². The molecule has 4 nitrogen and oxygen atoms in total. The zero-order chi connectivity index (χ0) is 13.0. The van der Waals surface area contributed by atoms with Crippen molar-refractivity contribution in [3.05, 3.63) is 0 Å². The van der Waals surface area contributed by atoms with Gasteiger partial charge in [-0.05, 0) is 46.6 Å². The molecular formula is C13H29Cl2N3O. The first-order chi connectivity index (χ1) is 7.91. The maximum absolute atomic E-state index is 12.1. The summed E-state index contributed by atoms with van der Waals surface area (Å²) in [5.41, 5.74) is 5.93. The third-order valence-electron chi connectivity index (χ3n) is 3.82. The van der Waals surface area contributed by atoms with Crippen LogP contribution < -0.4 is 5.73 Å². The molecule has 2 atom stereocenters. The molecule has 19 heavy (non-hydrogen) atoms. The van der Waals surface area contributed by atoms with E-state index in [-0.39, 0.29) is 36.8 Å². The van der Waals surface area contributed by atoms with E-state index >= 15 is 0 Å². The van der Waals surface area contributed by atoms with Crippen molar-refractivity contribution >= 4 is 30.7 Å². The number of likely N-dealkylation sites (tertiary alicyclic amines) is 1. The molecule has 1 aliphatic rings. The number of nitrogens with zero attached hydrogens (tertiary/aromatic N) is 2. The van der Waals surface area contributed by atoms with Crippen LogP contribution in [-0.4, -0.2) is 54.5 Å². The van der Waals surface area contributed by atoms with Crippen LogP contribution in [0.4, 0.5) is 0 Å². The molecule has 6 heteroatoms. The predicted octanol–water partition coefficient (Wildman–Crippen LogP) is 1.76. The SMILES string of the molecule is CC(N)C1CCCN(C(=O)CN(C)C(C)C)C1.Cl.Cl. The molecule has 1 heterocycles. The Morgan fingerprint density at radius 3 is 2.42 bits per heavy atom. The fourth-order valence-corrected chi connectivity index (χ4v) is 2.16. The molecule has 116 valence electrons. The maximum Gasteiger partial charge on any atom is 0.236 e. The third kappa shape index (κ3) is 6.80. The highest BCUT2D eigenvalue weighted by atomic mass is 35.5. The van der Waals surface area contributed by atoms with Crippen molar-refractivity contribution in [2.24, 2.45) is 11.7 Å². The lowest BCUT2D eigenvalue weighted by Gasteiger charge is -2.35. The summed E-state index contributed by atoms with van der Waals surface area (Å²) in [6.45, 7) is 8.50. The summed E-state index contributed by atoms with van der Waals surface area (Å²) in [5.74, 6) is 0.712. The minimum atomic E-state index is 0. The van der Waals surface area contributed by atoms with Gasteiger partial charge in [0.2, 0.25) is 5.91 Å². The molecule has 1 amide bonds. The van der Waals surface area contributed by atoms with Crippen LogP contribution >= 0.6 is 24.8 Å². The van der Waals surface area contributed by atoms with Crippen LogP contribution in [-0.2, 0) is 4.79 Å². The summed E-state index contributed by atoms with van der Waals surface area (Å²) in [6, 6.07) is 0.599. The summed E-state index contributed by atoms with van der Waals surface area (Å²) in [5, 5.41) is 0. The van der Waals surface area contributed by atoms with E-state index in [1.807, 2.05) is 18.9 Å². The Labute approximate surface area is 129 Å². The number of rotatable bonds is 4. The molecule has 0 aromatic carbocycles. The largest absolute Gasteiger partial charge is 0.341 e. The van der Waals surface area contributed by atoms with Gasteiger partial charge in [0.05, 0.1) is 6.54 Å². The Balaban J connectivity index is 0. The van der Waals surface area contributed by atoms with Crippen molar-refractivity contribution < 1.29 is 4.79 Å². The first kappa shape index (κ1) is 21.3. The van der Waals surface area contributed by atoms with Crippen molar-refractivity contribution in [1.82, 2.24) is 9.80 Å². The molecule has 0 radical (unpaired) electrons. The van der Waals surface area contributed by atoms with Gasteiger partial charge in [0, 0.05) is 25.2 Å². The number of likely N-dealkylation sites (N-methyl/N-ethyl adjacent to an activating group) is 1. The zero-order valence-corrected chi connectivity index (χ0v) is 14.1. The molecule has 2 unspecified atom stereocenters. The molecular weight excluding hydrogens is 285 g/mol. The lowest BCUT2D eigenvalue weighted by atomic mass is 9.92. The molecule has 0 aliphatic carbocycles. The zero-order valence-electron chi connectivity index (χ0n) is 12.5. The topological polar surface area (TPSA) is 49.6 Å². The summed E-state index contributed by atoms with van der Waals surface area (Å²) in [4.78, 5) is 16.2. The summed E-state index contributed by atoms with van der Waals surface area (Å²) >= 11 is 0. The first-order valence-electron chi connectivity index (χ1n) is 6.65. The molecule has 0 bridgehead atoms. The van der Waals surface area contributed by atoms with E-state index in [9.17, 15) is 4.79 Å². The highest BCUT2D eigenvalue weighted by Gasteiger charge is 2.26. The van der Waals surface area contributed by atoms with Gasteiger partial charge in [-0.3, -0.25) is 9.69 Å². The Kier molecular flexibility index (Phi) is 11.0. The predicted molar refractivity (Wildman–Crippen MR) is 85.2 cm³/mol. The lowest BCUT2D eigenvalue weighted by molar-refractivity contribution is -0.134. The fraction of sp³-hybridized carbons (Fsp3) is 0.923. The molecule has 2 N–H and O–H groups in total. The number of carbonyl (C=O) groups is 1. The lowest BCUT2D eigenvalue weighted by Crippen LogP contribution is -2.48. The number of carbonyl (C=O) groups excluding carboxylic acids is 1. The van der Waals surface area contributed by atoms with Crippen molar-refractivity contribution in [3.8, 4) is 0 Å². The van der Waals surface area contributed by atoms with E-state index < -0.39 is 0 Å². The van der Waals surface area contributed by atoms with Gasteiger partial charge in [0.1, 0.15) is 0 Å². The highest BCUT2D eigenvalue weighted by molar-refractivity contribution is 5.85. The number of hydrogen-bond donors (Lipinski definition) is 1. The quantitative estimate of drug-likeness (QED) is 0.860. The number of nitrogens with two attached hydrogens (primary N) is 1. The Bertz CT molecular complexity index is 262. The second kappa shape index (κ2) is 9.81. The Hall–Kier alpha value is -0.0300. The van der Waals surface area contributed by atoms with Crippen LogP contribution in [0.25, 0.3) is 0 Å². The number of halogens is 2. The second-order valence-corrected chi connectivity index (χ2v) is 5.61. The van der Waals surface area contributed by atoms with Crippen molar-refractivity contribution in [2.75, 3.05) is 26.7 Å². The standard InChI is InChI=1S/C13H27N3O.2ClH/c1-10(2)15(4)9-13(17)16-7-5-6-12(8-16)11(3)14;;/h10-12H,5-9,14H2,1-4H3;2*1H. The number of amides is 1. The van der Waals surface area contributed by atoms with Gasteiger partial charge in [0.15, 0.2) is 0 Å². The smallest absolute Gasteiger partial charge is 0.236 e. The van der Waals surface area contributed by atoms with Gasteiger partial charge in [0.25, 0.3) is 0 Å². The van der Waals surface area contributed by atoms with Gasteiger partial charge in [-0.15, -0.1) is 24.8 Å². The van der Waals surface area contributed by atoms with Crippen LogP contribution in [0.2, 0.25) is 0 Å². The average Bonchev–Trinajstić information content (AvgIpc) is 2.28. The third-order valence-corrected chi connectivity index (χ3v) is 3.82. The first-order valence-corrected chi connectivity index (χ1v) is 6.65. The van der Waals surface area contributed by atoms with Crippen molar-refractivity contribution in [1.29, 1.82) is 0 Å². The normalized spacial score (nSPS) is 20.8. The van der Waals surface area contributed by atoms with E-state index in [2.05, 4.69) is 18.7 Å². The Morgan fingerprint density at radius 1 is 1.37 bits per heavy atom. The van der Waals surface area contributed by atoms with E-state index in [1.165, 1.54) is 0 Å². The van der Waals surface area contributed by atoms with Gasteiger partial charge in [-0.25, -0.2) is 0 Å². The number of piperidine rings is 1. The molecule has 0 aromatic heterocycles. The van der Waals surface area contributed by atoms with Gasteiger partial charge >= 0.3 is 0 Å². The van der Waals surface area contributed by atoms with E-state index in [0.29, 0.717) is 18.5 Å². The van der Waals surface area contributed by atoms with E-state index in [1.54, 1.807) is 0 Å².